The Hall–Kier alpha value is -3.09. The van der Waals surface area contributed by atoms with Crippen LogP contribution >= 0.6 is 0 Å². The summed E-state index contributed by atoms with van der Waals surface area (Å²) in [6, 6.07) is 4.10. The number of allylic oxidation sites excluding steroid dienone is 1. The number of oxime groups is 1. The highest BCUT2D eigenvalue weighted by atomic mass is 16.6. The van der Waals surface area contributed by atoms with Gasteiger partial charge in [0.15, 0.2) is 11.6 Å². The van der Waals surface area contributed by atoms with E-state index in [4.69, 9.17) is 19.0 Å². The van der Waals surface area contributed by atoms with E-state index in [1.54, 1.807) is 19.3 Å². The molecule has 2 rings (SSSR count). The lowest BCUT2D eigenvalue weighted by Gasteiger charge is -2.14. The summed E-state index contributed by atoms with van der Waals surface area (Å²) in [4.78, 5) is 13.2. The molecule has 0 aliphatic carbocycles. The van der Waals surface area contributed by atoms with Gasteiger partial charge in [0.25, 0.3) is 0 Å². The molecule has 1 heterocycles. The summed E-state index contributed by atoms with van der Waals surface area (Å²) in [6.45, 7) is 9.98. The van der Waals surface area contributed by atoms with Crippen LogP contribution in [0.15, 0.2) is 41.8 Å². The van der Waals surface area contributed by atoms with Gasteiger partial charge < -0.3 is 19.0 Å². The van der Waals surface area contributed by atoms with Gasteiger partial charge in [-0.3, -0.25) is 0 Å². The third-order valence-corrected chi connectivity index (χ3v) is 5.50. The predicted molar refractivity (Wildman–Crippen MR) is 141 cm³/mol. The maximum Gasteiger partial charge on any atom is 0.177 e. The third-order valence-electron chi connectivity index (χ3n) is 5.50. The van der Waals surface area contributed by atoms with E-state index in [0.29, 0.717) is 30.5 Å². The van der Waals surface area contributed by atoms with Gasteiger partial charge >= 0.3 is 0 Å². The van der Waals surface area contributed by atoms with Crippen molar-refractivity contribution in [2.75, 3.05) is 26.9 Å². The van der Waals surface area contributed by atoms with E-state index in [1.165, 1.54) is 32.8 Å². The van der Waals surface area contributed by atoms with Gasteiger partial charge in [0.2, 0.25) is 0 Å². The predicted octanol–water partition coefficient (Wildman–Crippen LogP) is 6.61. The smallest absolute Gasteiger partial charge is 0.177 e. The molecule has 0 aliphatic heterocycles. The van der Waals surface area contributed by atoms with Gasteiger partial charge in [0.1, 0.15) is 30.9 Å². The van der Waals surface area contributed by atoms with E-state index in [1.807, 2.05) is 19.1 Å². The normalized spacial score (nSPS) is 11.6. The molecule has 0 fully saturated rings. The van der Waals surface area contributed by atoms with Crippen molar-refractivity contribution >= 4 is 5.71 Å². The quantitative estimate of drug-likeness (QED) is 0.109. The second kappa shape index (κ2) is 16.5. The first-order chi connectivity index (χ1) is 17.0. The van der Waals surface area contributed by atoms with Crippen molar-refractivity contribution in [3.63, 3.8) is 0 Å². The molecule has 192 valence electrons. The Bertz CT molecular complexity index is 903. The molecule has 0 bridgehead atoms. The standard InChI is InChI=1S/C28H41N3O4/c1-6-7-15-33-25-18-22(2)27(23(3)19-25)35-17-14-12-10-8-9-11-13-16-34-26-20-29-28(30-21-26)24(4)31-32-5/h6-7,18-21H,8-17H2,1-5H3/b7-6+,31-24+. The van der Waals surface area contributed by atoms with Crippen molar-refractivity contribution in [3.8, 4) is 17.2 Å². The largest absolute Gasteiger partial charge is 0.493 e. The van der Waals surface area contributed by atoms with Crippen molar-refractivity contribution in [1.82, 2.24) is 9.97 Å². The zero-order chi connectivity index (χ0) is 25.3. The van der Waals surface area contributed by atoms with Crippen molar-refractivity contribution < 1.29 is 19.0 Å². The molecule has 0 unspecified atom stereocenters. The highest BCUT2D eigenvalue weighted by molar-refractivity contribution is 5.94. The van der Waals surface area contributed by atoms with Crippen LogP contribution in [0.25, 0.3) is 0 Å². The molecule has 0 radical (unpaired) electrons. The monoisotopic (exact) mass is 483 g/mol. The zero-order valence-corrected chi connectivity index (χ0v) is 22.0. The summed E-state index contributed by atoms with van der Waals surface area (Å²) in [5.74, 6) is 3.10. The van der Waals surface area contributed by atoms with Gasteiger partial charge in [-0.05, 0) is 63.8 Å². The fraction of sp³-hybridized carbons (Fsp3) is 0.536. The summed E-state index contributed by atoms with van der Waals surface area (Å²) in [7, 11) is 1.50. The molecule has 1 aromatic carbocycles. The van der Waals surface area contributed by atoms with E-state index in [9.17, 15) is 0 Å². The lowest BCUT2D eigenvalue weighted by atomic mass is 10.1. The number of nitrogens with zero attached hydrogens (tertiary/aromatic N) is 3. The number of unbranched alkanes of at least 4 members (excludes halogenated alkanes) is 6. The average Bonchev–Trinajstić information content (AvgIpc) is 2.84. The number of hydrogen-bond donors (Lipinski definition) is 0. The lowest BCUT2D eigenvalue weighted by molar-refractivity contribution is 0.213. The minimum absolute atomic E-state index is 0.540. The first-order valence-corrected chi connectivity index (χ1v) is 12.6. The topological polar surface area (TPSA) is 75.1 Å². The van der Waals surface area contributed by atoms with Crippen molar-refractivity contribution in [2.24, 2.45) is 5.16 Å². The number of ether oxygens (including phenoxy) is 3. The minimum Gasteiger partial charge on any atom is -0.493 e. The van der Waals surface area contributed by atoms with Gasteiger partial charge in [-0.2, -0.15) is 0 Å². The van der Waals surface area contributed by atoms with Crippen LogP contribution in [-0.2, 0) is 4.84 Å². The molecular formula is C28H41N3O4. The Morgan fingerprint density at radius 3 is 1.97 bits per heavy atom. The Kier molecular flexibility index (Phi) is 13.3. The number of rotatable bonds is 17. The van der Waals surface area contributed by atoms with Crippen LogP contribution in [-0.4, -0.2) is 42.6 Å². The van der Waals surface area contributed by atoms with Crippen LogP contribution in [0.5, 0.6) is 17.2 Å². The first kappa shape index (κ1) is 28.1. The molecule has 7 heteroatoms. The number of benzene rings is 1. The molecule has 0 aliphatic rings. The molecule has 1 aromatic heterocycles. The molecule has 0 amide bonds. The molecule has 2 aromatic rings. The van der Waals surface area contributed by atoms with Crippen LogP contribution in [0, 0.1) is 13.8 Å². The lowest BCUT2D eigenvalue weighted by Crippen LogP contribution is -2.04. The van der Waals surface area contributed by atoms with E-state index >= 15 is 0 Å². The summed E-state index contributed by atoms with van der Waals surface area (Å²) in [6.07, 6.45) is 15.5. The van der Waals surface area contributed by atoms with Crippen molar-refractivity contribution in [3.05, 3.63) is 53.6 Å². The Morgan fingerprint density at radius 2 is 1.40 bits per heavy atom. The summed E-state index contributed by atoms with van der Waals surface area (Å²) in [5, 5.41) is 3.82. The summed E-state index contributed by atoms with van der Waals surface area (Å²) in [5.41, 5.74) is 2.89. The maximum absolute atomic E-state index is 6.07. The molecule has 0 atom stereocenters. The number of aryl methyl sites for hydroxylation is 2. The molecule has 7 nitrogen and oxygen atoms in total. The zero-order valence-electron chi connectivity index (χ0n) is 22.0. The van der Waals surface area contributed by atoms with E-state index in [-0.39, 0.29) is 0 Å². The fourth-order valence-corrected chi connectivity index (χ4v) is 3.67. The van der Waals surface area contributed by atoms with Crippen LogP contribution in [0.1, 0.15) is 75.7 Å². The molecule has 35 heavy (non-hydrogen) atoms. The van der Waals surface area contributed by atoms with Crippen LogP contribution < -0.4 is 14.2 Å². The fourth-order valence-electron chi connectivity index (χ4n) is 3.67. The van der Waals surface area contributed by atoms with Crippen LogP contribution in [0.2, 0.25) is 0 Å². The van der Waals surface area contributed by atoms with Gasteiger partial charge in [0.05, 0.1) is 25.6 Å². The summed E-state index contributed by atoms with van der Waals surface area (Å²) < 4.78 is 17.5. The molecule has 0 spiro atoms. The highest BCUT2D eigenvalue weighted by Crippen LogP contribution is 2.28. The SMILES string of the molecule is C/C=C/COc1cc(C)c(OCCCCCCCCCOc2cnc(/C(C)=N/OC)nc2)c(C)c1. The highest BCUT2D eigenvalue weighted by Gasteiger charge is 2.07. The molecular weight excluding hydrogens is 442 g/mol. The Morgan fingerprint density at radius 1 is 0.829 bits per heavy atom. The van der Waals surface area contributed by atoms with Crippen molar-refractivity contribution in [1.29, 1.82) is 0 Å². The molecule has 0 N–H and O–H groups in total. The second-order valence-corrected chi connectivity index (χ2v) is 8.54. The molecule has 0 saturated carbocycles. The minimum atomic E-state index is 0.540. The van der Waals surface area contributed by atoms with Crippen LogP contribution in [0.4, 0.5) is 0 Å². The number of aromatic nitrogens is 2. The summed E-state index contributed by atoms with van der Waals surface area (Å²) >= 11 is 0. The van der Waals surface area contributed by atoms with Gasteiger partial charge in [-0.15, -0.1) is 0 Å². The molecule has 0 saturated heterocycles. The number of hydrogen-bond acceptors (Lipinski definition) is 7. The average molecular weight is 484 g/mol. The van der Waals surface area contributed by atoms with Gasteiger partial charge in [0, 0.05) is 0 Å². The third kappa shape index (κ3) is 10.8. The second-order valence-electron chi connectivity index (χ2n) is 8.54. The maximum atomic E-state index is 6.07. The van der Waals surface area contributed by atoms with E-state index in [0.717, 1.165) is 48.5 Å². The van der Waals surface area contributed by atoms with Gasteiger partial charge in [-0.1, -0.05) is 49.4 Å². The van der Waals surface area contributed by atoms with E-state index < -0.39 is 0 Å². The van der Waals surface area contributed by atoms with Gasteiger partial charge in [-0.25, -0.2) is 9.97 Å². The first-order valence-electron chi connectivity index (χ1n) is 12.6. The Balaban J connectivity index is 1.51. The Labute approximate surface area is 210 Å². The van der Waals surface area contributed by atoms with E-state index in [2.05, 4.69) is 41.1 Å². The van der Waals surface area contributed by atoms with Crippen LogP contribution in [0.3, 0.4) is 0 Å². The van der Waals surface area contributed by atoms with Crippen molar-refractivity contribution in [2.45, 2.75) is 72.6 Å².